The highest BCUT2D eigenvalue weighted by Gasteiger charge is 2.20. The van der Waals surface area contributed by atoms with Crippen LogP contribution in [0.3, 0.4) is 0 Å². The molecule has 2 amide bonds. The van der Waals surface area contributed by atoms with E-state index >= 15 is 0 Å². The first-order valence-electron chi connectivity index (χ1n) is 6.98. The van der Waals surface area contributed by atoms with Gasteiger partial charge in [0.05, 0.1) is 0 Å². The molecular weight excluding hydrogens is 264 g/mol. The Morgan fingerprint density at radius 2 is 2.05 bits per heavy atom. The van der Waals surface area contributed by atoms with E-state index in [1.54, 1.807) is 0 Å². The highest BCUT2D eigenvalue weighted by atomic mass is 32.2. The van der Waals surface area contributed by atoms with Gasteiger partial charge >= 0.3 is 12.0 Å². The maximum absolute atomic E-state index is 11.7. The van der Waals surface area contributed by atoms with Gasteiger partial charge in [-0.1, -0.05) is 19.8 Å². The molecule has 0 radical (unpaired) electrons. The van der Waals surface area contributed by atoms with Crippen LogP contribution in [0.4, 0.5) is 4.79 Å². The number of carboxylic acid groups (broad SMARTS) is 1. The number of unbranched alkanes of at least 4 members (excludes halogenated alkanes) is 1. The smallest absolute Gasteiger partial charge is 0.326 e. The lowest BCUT2D eigenvalue weighted by atomic mass is 10.0. The minimum atomic E-state index is -0.960. The van der Waals surface area contributed by atoms with E-state index in [1.165, 1.54) is 0 Å². The molecule has 1 rings (SSSR count). The summed E-state index contributed by atoms with van der Waals surface area (Å²) in [7, 11) is 0. The van der Waals surface area contributed by atoms with Crippen molar-refractivity contribution in [3.8, 4) is 0 Å². The van der Waals surface area contributed by atoms with E-state index in [0.717, 1.165) is 37.2 Å². The van der Waals surface area contributed by atoms with Crippen LogP contribution >= 0.6 is 11.8 Å². The molecule has 1 aliphatic heterocycles. The van der Waals surface area contributed by atoms with Crippen LogP contribution < -0.4 is 10.6 Å². The first kappa shape index (κ1) is 16.1. The van der Waals surface area contributed by atoms with E-state index in [0.29, 0.717) is 18.9 Å². The topological polar surface area (TPSA) is 78.4 Å². The van der Waals surface area contributed by atoms with Crippen LogP contribution in [0.25, 0.3) is 0 Å². The maximum Gasteiger partial charge on any atom is 0.326 e. The Hall–Kier alpha value is -0.910. The summed E-state index contributed by atoms with van der Waals surface area (Å²) >= 11 is 1.95. The molecule has 5 nitrogen and oxygen atoms in total. The summed E-state index contributed by atoms with van der Waals surface area (Å²) in [5, 5.41) is 14.3. The molecular formula is C13H24N2O3S. The van der Waals surface area contributed by atoms with Gasteiger partial charge < -0.3 is 15.7 Å². The number of carbonyl (C=O) groups excluding carboxylic acids is 1. The van der Waals surface area contributed by atoms with Gasteiger partial charge in [-0.05, 0) is 36.7 Å². The molecule has 1 aliphatic rings. The number of carbonyl (C=O) groups is 2. The molecule has 110 valence electrons. The number of urea groups is 1. The van der Waals surface area contributed by atoms with Gasteiger partial charge in [0.25, 0.3) is 0 Å². The lowest BCUT2D eigenvalue weighted by molar-refractivity contribution is -0.139. The fraction of sp³-hybridized carbons (Fsp3) is 0.846. The van der Waals surface area contributed by atoms with Crippen molar-refractivity contribution in [2.45, 2.75) is 45.1 Å². The summed E-state index contributed by atoms with van der Waals surface area (Å²) in [4.78, 5) is 22.7. The standard InChI is InChI=1S/C13H24N2O3S/c1-2-3-4-11(12(16)17)15-13(18)14-9-10-5-7-19-8-6-10/h10-11H,2-9H2,1H3,(H,16,17)(H2,14,15,18). The van der Waals surface area contributed by atoms with Crippen molar-refractivity contribution >= 4 is 23.8 Å². The van der Waals surface area contributed by atoms with Crippen molar-refractivity contribution in [3.05, 3.63) is 0 Å². The van der Waals surface area contributed by atoms with E-state index < -0.39 is 12.0 Å². The molecule has 0 aromatic heterocycles. The van der Waals surface area contributed by atoms with Crippen LogP contribution in [-0.4, -0.2) is 41.2 Å². The quantitative estimate of drug-likeness (QED) is 0.670. The van der Waals surface area contributed by atoms with Crippen molar-refractivity contribution in [1.82, 2.24) is 10.6 Å². The van der Waals surface area contributed by atoms with Gasteiger partial charge in [-0.25, -0.2) is 9.59 Å². The van der Waals surface area contributed by atoms with E-state index in [2.05, 4.69) is 10.6 Å². The van der Waals surface area contributed by atoms with Crippen molar-refractivity contribution in [3.63, 3.8) is 0 Å². The van der Waals surface area contributed by atoms with E-state index in [-0.39, 0.29) is 6.03 Å². The number of hydrogen-bond donors (Lipinski definition) is 3. The molecule has 1 unspecified atom stereocenters. The number of rotatable bonds is 7. The van der Waals surface area contributed by atoms with E-state index in [1.807, 2.05) is 18.7 Å². The Balaban J connectivity index is 2.25. The predicted octanol–water partition coefficient (Wildman–Crippen LogP) is 2.07. The van der Waals surface area contributed by atoms with Gasteiger partial charge in [-0.3, -0.25) is 0 Å². The molecule has 19 heavy (non-hydrogen) atoms. The van der Waals surface area contributed by atoms with Crippen molar-refractivity contribution in [1.29, 1.82) is 0 Å². The minimum absolute atomic E-state index is 0.360. The van der Waals surface area contributed by atoms with Crippen LogP contribution in [0.2, 0.25) is 0 Å². The molecule has 0 aromatic rings. The lowest BCUT2D eigenvalue weighted by Gasteiger charge is -2.22. The summed E-state index contributed by atoms with van der Waals surface area (Å²) in [6, 6.07) is -1.14. The SMILES string of the molecule is CCCCC(NC(=O)NCC1CCSCC1)C(=O)O. The molecule has 1 heterocycles. The summed E-state index contributed by atoms with van der Waals surface area (Å²) in [6.45, 7) is 2.65. The summed E-state index contributed by atoms with van der Waals surface area (Å²) < 4.78 is 0. The number of nitrogens with one attached hydrogen (secondary N) is 2. The van der Waals surface area contributed by atoms with E-state index in [9.17, 15) is 9.59 Å². The third-order valence-corrected chi connectivity index (χ3v) is 4.39. The van der Waals surface area contributed by atoms with Crippen molar-refractivity contribution in [2.24, 2.45) is 5.92 Å². The van der Waals surface area contributed by atoms with Crippen molar-refractivity contribution < 1.29 is 14.7 Å². The second-order valence-corrected chi connectivity index (χ2v) is 6.17. The number of thioether (sulfide) groups is 1. The average Bonchev–Trinajstić information content (AvgIpc) is 2.42. The second-order valence-electron chi connectivity index (χ2n) is 4.94. The lowest BCUT2D eigenvalue weighted by Crippen LogP contribution is -2.47. The predicted molar refractivity (Wildman–Crippen MR) is 77.5 cm³/mol. The van der Waals surface area contributed by atoms with E-state index in [4.69, 9.17) is 5.11 Å². The number of aliphatic carboxylic acids is 1. The fourth-order valence-electron chi connectivity index (χ4n) is 2.06. The zero-order valence-electron chi connectivity index (χ0n) is 11.5. The maximum atomic E-state index is 11.7. The zero-order chi connectivity index (χ0) is 14.1. The summed E-state index contributed by atoms with van der Waals surface area (Å²) in [6.07, 6.45) is 4.47. The molecule has 0 aromatic carbocycles. The summed E-state index contributed by atoms with van der Waals surface area (Å²) in [5.74, 6) is 1.88. The third-order valence-electron chi connectivity index (χ3n) is 3.34. The highest BCUT2D eigenvalue weighted by molar-refractivity contribution is 7.99. The minimum Gasteiger partial charge on any atom is -0.480 e. The molecule has 1 atom stereocenters. The molecule has 0 bridgehead atoms. The molecule has 1 saturated heterocycles. The molecule has 6 heteroatoms. The van der Waals surface area contributed by atoms with Gasteiger partial charge in [0.1, 0.15) is 6.04 Å². The Morgan fingerprint density at radius 1 is 1.37 bits per heavy atom. The Morgan fingerprint density at radius 3 is 2.63 bits per heavy atom. The molecule has 0 spiro atoms. The van der Waals surface area contributed by atoms with Crippen LogP contribution in [-0.2, 0) is 4.79 Å². The Bertz CT molecular complexity index is 294. The number of hydrogen-bond acceptors (Lipinski definition) is 3. The first-order valence-corrected chi connectivity index (χ1v) is 8.13. The largest absolute Gasteiger partial charge is 0.480 e. The Kier molecular flexibility index (Phi) is 7.70. The van der Waals surface area contributed by atoms with Crippen molar-refractivity contribution in [2.75, 3.05) is 18.1 Å². The molecule has 0 aliphatic carbocycles. The monoisotopic (exact) mass is 288 g/mol. The van der Waals surface area contributed by atoms with Gasteiger partial charge in [0.15, 0.2) is 0 Å². The van der Waals surface area contributed by atoms with Gasteiger partial charge in [-0.2, -0.15) is 11.8 Å². The normalized spacial score (nSPS) is 17.7. The second kappa shape index (κ2) is 9.07. The van der Waals surface area contributed by atoms with Gasteiger partial charge in [0, 0.05) is 6.54 Å². The first-order chi connectivity index (χ1) is 9.13. The highest BCUT2D eigenvalue weighted by Crippen LogP contribution is 2.21. The van der Waals surface area contributed by atoms with Crippen LogP contribution in [0.1, 0.15) is 39.0 Å². The average molecular weight is 288 g/mol. The van der Waals surface area contributed by atoms with Gasteiger partial charge in [0.2, 0.25) is 0 Å². The van der Waals surface area contributed by atoms with Crippen LogP contribution in [0.15, 0.2) is 0 Å². The Labute approximate surface area is 118 Å². The van der Waals surface area contributed by atoms with Crippen LogP contribution in [0.5, 0.6) is 0 Å². The molecule has 3 N–H and O–H groups in total. The summed E-state index contributed by atoms with van der Waals surface area (Å²) in [5.41, 5.74) is 0. The van der Waals surface area contributed by atoms with Gasteiger partial charge in [-0.15, -0.1) is 0 Å². The number of amides is 2. The van der Waals surface area contributed by atoms with Crippen LogP contribution in [0, 0.1) is 5.92 Å². The third kappa shape index (κ3) is 6.71. The fourth-order valence-corrected chi connectivity index (χ4v) is 3.27. The molecule has 1 fully saturated rings. The zero-order valence-corrected chi connectivity index (χ0v) is 12.3. The number of carboxylic acids is 1. The molecule has 0 saturated carbocycles.